The van der Waals surface area contributed by atoms with E-state index in [1.165, 1.54) is 18.7 Å². The molecule has 0 spiro atoms. The quantitative estimate of drug-likeness (QED) is 0.823. The highest BCUT2D eigenvalue weighted by molar-refractivity contribution is 9.10. The Labute approximate surface area is 92.4 Å². The van der Waals surface area contributed by atoms with Gasteiger partial charge in [-0.05, 0) is 30.7 Å². The van der Waals surface area contributed by atoms with Gasteiger partial charge in [0.25, 0.3) is 0 Å². The van der Waals surface area contributed by atoms with Crippen LogP contribution in [-0.2, 0) is 0 Å². The molecule has 1 aromatic carbocycles. The molecule has 0 aliphatic carbocycles. The van der Waals surface area contributed by atoms with Crippen molar-refractivity contribution in [1.29, 1.82) is 0 Å². The van der Waals surface area contributed by atoms with Crippen LogP contribution in [0.2, 0.25) is 0 Å². The zero-order valence-corrected chi connectivity index (χ0v) is 9.50. The summed E-state index contributed by atoms with van der Waals surface area (Å²) in [7, 11) is 0. The number of hydrogen-bond acceptors (Lipinski definition) is 2. The van der Waals surface area contributed by atoms with Crippen LogP contribution in [-0.4, -0.2) is 25.2 Å². The zero-order chi connectivity index (χ0) is 9.54. The molecule has 0 radical (unpaired) electrons. The van der Waals surface area contributed by atoms with E-state index in [1.54, 1.807) is 0 Å². The molecule has 3 heteroatoms. The number of nitrogens with one attached hydrogen (secondary N) is 1. The van der Waals surface area contributed by atoms with E-state index in [2.05, 4.69) is 50.4 Å². The van der Waals surface area contributed by atoms with Gasteiger partial charge in [0.15, 0.2) is 0 Å². The van der Waals surface area contributed by atoms with Crippen LogP contribution < -0.4 is 10.2 Å². The molecule has 2 fully saturated rings. The summed E-state index contributed by atoms with van der Waals surface area (Å²) in [5, 5.41) is 3.52. The maximum Gasteiger partial charge on any atom is 0.0430 e. The minimum absolute atomic E-state index is 0.723. The summed E-state index contributed by atoms with van der Waals surface area (Å²) in [6.45, 7) is 2.33. The van der Waals surface area contributed by atoms with Crippen LogP contribution in [0.25, 0.3) is 0 Å². The lowest BCUT2D eigenvalue weighted by Crippen LogP contribution is -2.43. The minimum atomic E-state index is 0.723. The monoisotopic (exact) mass is 252 g/mol. The summed E-state index contributed by atoms with van der Waals surface area (Å²) >= 11 is 3.46. The zero-order valence-electron chi connectivity index (χ0n) is 7.91. The molecule has 3 rings (SSSR count). The molecular formula is C11H13BrN2. The first-order chi connectivity index (χ1) is 6.83. The van der Waals surface area contributed by atoms with Crippen molar-refractivity contribution in [3.8, 4) is 0 Å². The molecule has 2 heterocycles. The lowest BCUT2D eigenvalue weighted by molar-refractivity contribution is 0.580. The molecule has 74 valence electrons. The Morgan fingerprint density at radius 2 is 2.07 bits per heavy atom. The summed E-state index contributed by atoms with van der Waals surface area (Å²) in [6.07, 6.45) is 1.32. The molecule has 0 saturated carbocycles. The first-order valence-corrected chi connectivity index (χ1v) is 5.88. The SMILES string of the molecule is Brc1ccc(N2CC3C[C@@H]2CN3)cc1. The Morgan fingerprint density at radius 1 is 1.29 bits per heavy atom. The van der Waals surface area contributed by atoms with Crippen LogP contribution in [0.5, 0.6) is 0 Å². The van der Waals surface area contributed by atoms with Gasteiger partial charge in [0.1, 0.15) is 0 Å². The van der Waals surface area contributed by atoms with Gasteiger partial charge in [-0.15, -0.1) is 0 Å². The number of piperazine rings is 1. The number of halogens is 1. The molecule has 2 saturated heterocycles. The fraction of sp³-hybridized carbons (Fsp3) is 0.455. The second-order valence-electron chi connectivity index (χ2n) is 4.12. The predicted octanol–water partition coefficient (Wildman–Crippen LogP) is 2.00. The smallest absolute Gasteiger partial charge is 0.0430 e. The van der Waals surface area contributed by atoms with Crippen LogP contribution in [0.3, 0.4) is 0 Å². The number of benzene rings is 1. The average Bonchev–Trinajstić information content (AvgIpc) is 2.80. The van der Waals surface area contributed by atoms with Gasteiger partial charge >= 0.3 is 0 Å². The highest BCUT2D eigenvalue weighted by Gasteiger charge is 2.37. The molecular weight excluding hydrogens is 240 g/mol. The van der Waals surface area contributed by atoms with E-state index in [0.29, 0.717) is 0 Å². The van der Waals surface area contributed by atoms with Crippen LogP contribution in [0, 0.1) is 0 Å². The number of rotatable bonds is 1. The number of fused-ring (bicyclic) bond motifs is 2. The van der Waals surface area contributed by atoms with Crippen molar-refractivity contribution in [2.75, 3.05) is 18.0 Å². The Morgan fingerprint density at radius 3 is 2.64 bits per heavy atom. The van der Waals surface area contributed by atoms with Gasteiger partial charge in [-0.1, -0.05) is 15.9 Å². The molecule has 2 aliphatic rings. The first-order valence-electron chi connectivity index (χ1n) is 5.08. The van der Waals surface area contributed by atoms with Crippen LogP contribution in [0.4, 0.5) is 5.69 Å². The normalized spacial score (nSPS) is 29.9. The molecule has 0 aromatic heterocycles. The molecule has 1 unspecified atom stereocenters. The van der Waals surface area contributed by atoms with Gasteiger partial charge in [0.2, 0.25) is 0 Å². The van der Waals surface area contributed by atoms with Crippen molar-refractivity contribution in [1.82, 2.24) is 5.32 Å². The fourth-order valence-electron chi connectivity index (χ4n) is 2.51. The van der Waals surface area contributed by atoms with Gasteiger partial charge in [0, 0.05) is 35.3 Å². The Kier molecular flexibility index (Phi) is 2.03. The molecule has 2 bridgehead atoms. The second-order valence-corrected chi connectivity index (χ2v) is 5.04. The van der Waals surface area contributed by atoms with Gasteiger partial charge in [0.05, 0.1) is 0 Å². The third-order valence-corrected chi connectivity index (χ3v) is 3.74. The Bertz CT molecular complexity index is 336. The largest absolute Gasteiger partial charge is 0.366 e. The summed E-state index contributed by atoms with van der Waals surface area (Å²) in [6, 6.07) is 10.1. The third kappa shape index (κ3) is 1.35. The lowest BCUT2D eigenvalue weighted by Gasteiger charge is -2.29. The van der Waals surface area contributed by atoms with Crippen molar-refractivity contribution in [3.63, 3.8) is 0 Å². The standard InChI is InChI=1S/C11H13BrN2/c12-8-1-3-10(4-2-8)14-7-9-5-11(14)6-13-9/h1-4,9,11,13H,5-7H2/t9?,11-/m1/s1. The van der Waals surface area contributed by atoms with E-state index < -0.39 is 0 Å². The van der Waals surface area contributed by atoms with Crippen molar-refractivity contribution >= 4 is 21.6 Å². The number of nitrogens with zero attached hydrogens (tertiary/aromatic N) is 1. The van der Waals surface area contributed by atoms with E-state index in [0.717, 1.165) is 23.1 Å². The maximum atomic E-state index is 3.52. The van der Waals surface area contributed by atoms with E-state index in [4.69, 9.17) is 0 Å². The van der Waals surface area contributed by atoms with Gasteiger partial charge < -0.3 is 10.2 Å². The number of anilines is 1. The predicted molar refractivity (Wildman–Crippen MR) is 61.7 cm³/mol. The molecule has 0 amide bonds. The van der Waals surface area contributed by atoms with E-state index >= 15 is 0 Å². The topological polar surface area (TPSA) is 15.3 Å². The lowest BCUT2D eigenvalue weighted by atomic mass is 10.2. The highest BCUT2D eigenvalue weighted by Crippen LogP contribution is 2.29. The molecule has 2 aliphatic heterocycles. The summed E-state index contributed by atoms with van der Waals surface area (Å²) in [5.74, 6) is 0. The van der Waals surface area contributed by atoms with Gasteiger partial charge in [-0.25, -0.2) is 0 Å². The summed E-state index contributed by atoms with van der Waals surface area (Å²) in [5.41, 5.74) is 1.36. The molecule has 1 aromatic rings. The fourth-order valence-corrected chi connectivity index (χ4v) is 2.77. The van der Waals surface area contributed by atoms with Crippen LogP contribution >= 0.6 is 15.9 Å². The van der Waals surface area contributed by atoms with Crippen LogP contribution in [0.1, 0.15) is 6.42 Å². The van der Waals surface area contributed by atoms with Crippen molar-refractivity contribution in [3.05, 3.63) is 28.7 Å². The van der Waals surface area contributed by atoms with E-state index in [-0.39, 0.29) is 0 Å². The van der Waals surface area contributed by atoms with Crippen LogP contribution in [0.15, 0.2) is 28.7 Å². The molecule has 2 nitrogen and oxygen atoms in total. The third-order valence-electron chi connectivity index (χ3n) is 3.21. The minimum Gasteiger partial charge on any atom is -0.366 e. The van der Waals surface area contributed by atoms with E-state index in [1.807, 2.05) is 0 Å². The Hall–Kier alpha value is -0.540. The molecule has 2 atom stereocenters. The van der Waals surface area contributed by atoms with E-state index in [9.17, 15) is 0 Å². The Balaban J connectivity index is 1.86. The molecule has 1 N–H and O–H groups in total. The second kappa shape index (κ2) is 3.24. The van der Waals surface area contributed by atoms with Gasteiger partial charge in [-0.3, -0.25) is 0 Å². The molecule has 14 heavy (non-hydrogen) atoms. The average molecular weight is 253 g/mol. The highest BCUT2D eigenvalue weighted by atomic mass is 79.9. The summed E-state index contributed by atoms with van der Waals surface area (Å²) < 4.78 is 1.16. The maximum absolute atomic E-state index is 3.52. The van der Waals surface area contributed by atoms with Gasteiger partial charge in [-0.2, -0.15) is 0 Å². The van der Waals surface area contributed by atoms with Crippen molar-refractivity contribution in [2.24, 2.45) is 0 Å². The van der Waals surface area contributed by atoms with Crippen molar-refractivity contribution in [2.45, 2.75) is 18.5 Å². The summed E-state index contributed by atoms with van der Waals surface area (Å²) in [4.78, 5) is 2.52. The number of hydrogen-bond donors (Lipinski definition) is 1. The van der Waals surface area contributed by atoms with Crippen molar-refractivity contribution < 1.29 is 0 Å². The first kappa shape index (κ1) is 8.74.